The third kappa shape index (κ3) is 2.45. The summed E-state index contributed by atoms with van der Waals surface area (Å²) in [4.78, 5) is 2.80. The fourth-order valence-electron chi connectivity index (χ4n) is 3.22. The van der Waals surface area contributed by atoms with Gasteiger partial charge in [0.1, 0.15) is 11.4 Å². The molecule has 1 aromatic carbocycles. The van der Waals surface area contributed by atoms with Crippen LogP contribution < -0.4 is 9.80 Å². The molecule has 0 radical (unpaired) electrons. The molecule has 0 spiro atoms. The molecule has 2 nitrogen and oxygen atoms in total. The summed E-state index contributed by atoms with van der Waals surface area (Å²) in [6, 6.07) is 0. The van der Waals surface area contributed by atoms with Crippen molar-refractivity contribution in [2.24, 2.45) is 0 Å². The molecule has 2 saturated heterocycles. The van der Waals surface area contributed by atoms with Crippen molar-refractivity contribution >= 4 is 11.4 Å². The van der Waals surface area contributed by atoms with Gasteiger partial charge in [0.2, 0.25) is 0 Å². The Hall–Kier alpha value is -1.46. The summed E-state index contributed by atoms with van der Waals surface area (Å²) in [5, 5.41) is 0. The van der Waals surface area contributed by atoms with E-state index in [1.807, 2.05) is 0 Å². The van der Waals surface area contributed by atoms with E-state index in [0.717, 1.165) is 32.1 Å². The summed E-state index contributed by atoms with van der Waals surface area (Å²) >= 11 is 0. The van der Waals surface area contributed by atoms with Crippen LogP contribution in [-0.2, 0) is 0 Å². The lowest BCUT2D eigenvalue weighted by molar-refractivity contribution is 0.444. The zero-order valence-electron chi connectivity index (χ0n) is 11.8. The van der Waals surface area contributed by atoms with E-state index in [4.69, 9.17) is 0 Å². The van der Waals surface area contributed by atoms with E-state index < -0.39 is 34.6 Å². The van der Waals surface area contributed by atoms with Gasteiger partial charge in [-0.15, -0.1) is 0 Å². The molecular formula is C15H18F4N2. The van der Waals surface area contributed by atoms with Crippen molar-refractivity contribution in [3.8, 4) is 0 Å². The number of halogens is 4. The fourth-order valence-corrected chi connectivity index (χ4v) is 3.22. The minimum atomic E-state index is -1.27. The quantitative estimate of drug-likeness (QED) is 0.605. The van der Waals surface area contributed by atoms with Gasteiger partial charge in [-0.3, -0.25) is 0 Å². The Morgan fingerprint density at radius 1 is 0.476 bits per heavy atom. The van der Waals surface area contributed by atoms with E-state index in [0.29, 0.717) is 26.2 Å². The highest BCUT2D eigenvalue weighted by Crippen LogP contribution is 2.37. The second-order valence-corrected chi connectivity index (χ2v) is 5.70. The van der Waals surface area contributed by atoms with Crippen LogP contribution >= 0.6 is 0 Å². The molecule has 0 aromatic heterocycles. The minimum Gasteiger partial charge on any atom is -0.367 e. The van der Waals surface area contributed by atoms with Gasteiger partial charge in [-0.2, -0.15) is 0 Å². The second kappa shape index (κ2) is 5.73. The number of hydrogen-bond acceptors (Lipinski definition) is 2. The van der Waals surface area contributed by atoms with Gasteiger partial charge in [0, 0.05) is 26.2 Å². The summed E-state index contributed by atoms with van der Waals surface area (Å²) in [6.45, 7) is 1.71. The number of piperidine rings is 1. The summed E-state index contributed by atoms with van der Waals surface area (Å²) in [5.41, 5.74) is -1.10. The van der Waals surface area contributed by atoms with Gasteiger partial charge >= 0.3 is 0 Å². The Morgan fingerprint density at radius 2 is 0.762 bits per heavy atom. The topological polar surface area (TPSA) is 6.48 Å². The predicted molar refractivity (Wildman–Crippen MR) is 73.8 cm³/mol. The van der Waals surface area contributed by atoms with Gasteiger partial charge in [0.25, 0.3) is 0 Å². The van der Waals surface area contributed by atoms with E-state index in [-0.39, 0.29) is 0 Å². The van der Waals surface area contributed by atoms with Crippen molar-refractivity contribution < 1.29 is 17.6 Å². The van der Waals surface area contributed by atoms with Gasteiger partial charge < -0.3 is 9.80 Å². The lowest BCUT2D eigenvalue weighted by Gasteiger charge is -2.30. The van der Waals surface area contributed by atoms with Gasteiger partial charge in [0.15, 0.2) is 23.3 Å². The van der Waals surface area contributed by atoms with Crippen LogP contribution in [0.5, 0.6) is 0 Å². The normalized spacial score (nSPS) is 19.4. The molecule has 21 heavy (non-hydrogen) atoms. The highest BCUT2D eigenvalue weighted by atomic mass is 19.2. The van der Waals surface area contributed by atoms with Gasteiger partial charge in [-0.05, 0) is 32.1 Å². The molecule has 6 heteroatoms. The first kappa shape index (κ1) is 14.5. The molecule has 2 heterocycles. The first-order chi connectivity index (χ1) is 10.1. The van der Waals surface area contributed by atoms with Crippen LogP contribution in [0.15, 0.2) is 0 Å². The Kier molecular flexibility index (Phi) is 3.95. The highest BCUT2D eigenvalue weighted by Gasteiger charge is 2.32. The largest absolute Gasteiger partial charge is 0.367 e. The van der Waals surface area contributed by atoms with Crippen LogP contribution in [0.1, 0.15) is 32.1 Å². The van der Waals surface area contributed by atoms with E-state index in [9.17, 15) is 17.6 Å². The van der Waals surface area contributed by atoms with Crippen LogP contribution in [0.2, 0.25) is 0 Å². The number of nitrogens with zero attached hydrogens (tertiary/aromatic N) is 2. The molecule has 3 rings (SSSR count). The fraction of sp³-hybridized carbons (Fsp3) is 0.600. The van der Waals surface area contributed by atoms with Crippen molar-refractivity contribution in [1.29, 1.82) is 0 Å². The van der Waals surface area contributed by atoms with Crippen LogP contribution in [-0.4, -0.2) is 26.2 Å². The monoisotopic (exact) mass is 302 g/mol. The average Bonchev–Trinajstić information content (AvgIpc) is 3.01. The molecule has 0 saturated carbocycles. The summed E-state index contributed by atoms with van der Waals surface area (Å²) in [6.07, 6.45) is 4.06. The molecular weight excluding hydrogens is 284 g/mol. The Labute approximate surface area is 121 Å². The van der Waals surface area contributed by atoms with E-state index in [2.05, 4.69) is 0 Å². The maximum atomic E-state index is 14.3. The highest BCUT2D eigenvalue weighted by molar-refractivity contribution is 5.61. The van der Waals surface area contributed by atoms with E-state index in [1.165, 1.54) is 9.80 Å². The first-order valence-electron chi connectivity index (χ1n) is 7.47. The average molecular weight is 302 g/mol. The lowest BCUT2D eigenvalue weighted by atomic mass is 10.1. The Balaban J connectivity index is 2.06. The Bertz CT molecular complexity index is 506. The third-order valence-electron chi connectivity index (χ3n) is 4.31. The van der Waals surface area contributed by atoms with Crippen LogP contribution in [0.25, 0.3) is 0 Å². The van der Waals surface area contributed by atoms with Crippen molar-refractivity contribution in [2.75, 3.05) is 36.0 Å². The molecule has 2 aliphatic heterocycles. The van der Waals surface area contributed by atoms with Gasteiger partial charge in [-0.1, -0.05) is 0 Å². The second-order valence-electron chi connectivity index (χ2n) is 5.70. The number of hydrogen-bond donors (Lipinski definition) is 0. The minimum absolute atomic E-state index is 0.426. The number of anilines is 2. The standard InChI is InChI=1S/C15H18F4N2/c16-10-12(18)15(21-8-4-5-9-21)13(19)11(17)14(10)20-6-2-1-3-7-20/h1-9H2. The predicted octanol–water partition coefficient (Wildman–Crippen LogP) is 3.83. The third-order valence-corrected chi connectivity index (χ3v) is 4.31. The summed E-state index contributed by atoms with van der Waals surface area (Å²) < 4.78 is 57.1. The molecule has 0 N–H and O–H groups in total. The van der Waals surface area contributed by atoms with Crippen LogP contribution in [0.4, 0.5) is 28.9 Å². The molecule has 1 aromatic rings. The van der Waals surface area contributed by atoms with Gasteiger partial charge in [-0.25, -0.2) is 17.6 Å². The van der Waals surface area contributed by atoms with Crippen molar-refractivity contribution in [1.82, 2.24) is 0 Å². The molecule has 0 amide bonds. The number of benzene rings is 1. The molecule has 0 atom stereocenters. The molecule has 0 aliphatic carbocycles. The maximum absolute atomic E-state index is 14.3. The lowest BCUT2D eigenvalue weighted by Crippen LogP contribution is -2.32. The smallest absolute Gasteiger partial charge is 0.187 e. The summed E-state index contributed by atoms with van der Waals surface area (Å²) in [7, 11) is 0. The van der Waals surface area contributed by atoms with Crippen LogP contribution in [0, 0.1) is 23.3 Å². The van der Waals surface area contributed by atoms with E-state index >= 15 is 0 Å². The molecule has 0 bridgehead atoms. The SMILES string of the molecule is Fc1c(F)c(N2CCCC2)c(F)c(F)c1N1CCCCC1. The number of rotatable bonds is 2. The first-order valence-corrected chi connectivity index (χ1v) is 7.47. The molecule has 0 unspecified atom stereocenters. The van der Waals surface area contributed by atoms with E-state index in [1.54, 1.807) is 0 Å². The van der Waals surface area contributed by atoms with Crippen molar-refractivity contribution in [3.05, 3.63) is 23.3 Å². The van der Waals surface area contributed by atoms with Crippen molar-refractivity contribution in [2.45, 2.75) is 32.1 Å². The molecule has 2 aliphatic rings. The maximum Gasteiger partial charge on any atom is 0.187 e. The molecule has 116 valence electrons. The Morgan fingerprint density at radius 3 is 1.10 bits per heavy atom. The summed E-state index contributed by atoms with van der Waals surface area (Å²) in [5.74, 6) is -5.07. The van der Waals surface area contributed by atoms with Crippen molar-refractivity contribution in [3.63, 3.8) is 0 Å². The molecule has 2 fully saturated rings. The zero-order chi connectivity index (χ0) is 15.0. The van der Waals surface area contributed by atoms with Gasteiger partial charge in [0.05, 0.1) is 0 Å². The van der Waals surface area contributed by atoms with Crippen LogP contribution in [0.3, 0.4) is 0 Å². The zero-order valence-corrected chi connectivity index (χ0v) is 11.8.